The lowest BCUT2D eigenvalue weighted by molar-refractivity contribution is -0.147. The number of nitrogens with one attached hydrogen (secondary N) is 1. The maximum Gasteiger partial charge on any atom is 0.308 e. The Morgan fingerprint density at radius 2 is 1.90 bits per heavy atom. The normalized spacial score (nSPS) is 16.2. The van der Waals surface area contributed by atoms with Crippen LogP contribution in [0.1, 0.15) is 25.7 Å². The van der Waals surface area contributed by atoms with Gasteiger partial charge in [-0.25, -0.2) is 0 Å². The van der Waals surface area contributed by atoms with Crippen molar-refractivity contribution in [2.24, 2.45) is 0 Å². The van der Waals surface area contributed by atoms with Gasteiger partial charge in [0.15, 0.2) is 0 Å². The van der Waals surface area contributed by atoms with Gasteiger partial charge in [-0.3, -0.25) is 4.79 Å². The molecule has 1 heterocycles. The predicted molar refractivity (Wildman–Crippen MR) is 74.7 cm³/mol. The molecule has 0 spiro atoms. The van der Waals surface area contributed by atoms with Gasteiger partial charge in [0.25, 0.3) is 0 Å². The summed E-state index contributed by atoms with van der Waals surface area (Å²) >= 11 is 0. The Kier molecular flexibility index (Phi) is 10.5. The summed E-state index contributed by atoms with van der Waals surface area (Å²) < 4.78 is 20.9. The van der Waals surface area contributed by atoms with E-state index in [0.29, 0.717) is 39.5 Å². The minimum Gasteiger partial charge on any atom is -0.463 e. The molecule has 0 unspecified atom stereocenters. The molecule has 0 aromatic rings. The molecule has 0 atom stereocenters. The first-order valence-electron chi connectivity index (χ1n) is 7.37. The van der Waals surface area contributed by atoms with Crippen LogP contribution in [0, 0.1) is 0 Å². The monoisotopic (exact) mass is 289 g/mol. The summed E-state index contributed by atoms with van der Waals surface area (Å²) in [5, 5.41) is 3.27. The Labute approximate surface area is 121 Å². The lowest BCUT2D eigenvalue weighted by Gasteiger charge is -2.22. The molecule has 0 saturated carbocycles. The highest BCUT2D eigenvalue weighted by Gasteiger charge is 2.13. The first-order chi connectivity index (χ1) is 9.83. The topological polar surface area (TPSA) is 66.0 Å². The molecule has 1 rings (SSSR count). The standard InChI is InChI=1S/C14H27NO5/c1-17-8-2-9-18-11-12-20-14(16)5-10-19-13-3-6-15-7-4-13/h13,15H,2-12H2,1H3. The first kappa shape index (κ1) is 17.4. The molecule has 1 saturated heterocycles. The van der Waals surface area contributed by atoms with Gasteiger partial charge in [-0.2, -0.15) is 0 Å². The minimum absolute atomic E-state index is 0.223. The maximum absolute atomic E-state index is 11.4. The van der Waals surface area contributed by atoms with Crippen LogP contribution in [0.25, 0.3) is 0 Å². The van der Waals surface area contributed by atoms with Crippen molar-refractivity contribution in [3.8, 4) is 0 Å². The Morgan fingerprint density at radius 3 is 2.65 bits per heavy atom. The SMILES string of the molecule is COCCCOCCOC(=O)CCOC1CCNCC1. The van der Waals surface area contributed by atoms with Gasteiger partial charge < -0.3 is 24.3 Å². The second-order valence-electron chi connectivity index (χ2n) is 4.75. The molecule has 118 valence electrons. The number of esters is 1. The van der Waals surface area contributed by atoms with Gasteiger partial charge in [-0.15, -0.1) is 0 Å². The third-order valence-electron chi connectivity index (χ3n) is 3.07. The van der Waals surface area contributed by atoms with Gasteiger partial charge in [-0.1, -0.05) is 0 Å². The molecule has 6 nitrogen and oxygen atoms in total. The van der Waals surface area contributed by atoms with Crippen LogP contribution in [0.2, 0.25) is 0 Å². The number of hydrogen-bond donors (Lipinski definition) is 1. The summed E-state index contributed by atoms with van der Waals surface area (Å²) in [6, 6.07) is 0. The second-order valence-corrected chi connectivity index (χ2v) is 4.75. The molecule has 0 amide bonds. The Balaban J connectivity index is 1.85. The molecule has 1 fully saturated rings. The van der Waals surface area contributed by atoms with Crippen LogP contribution in [0.3, 0.4) is 0 Å². The van der Waals surface area contributed by atoms with E-state index < -0.39 is 0 Å². The van der Waals surface area contributed by atoms with Gasteiger partial charge in [0.05, 0.1) is 25.7 Å². The van der Waals surface area contributed by atoms with Crippen LogP contribution in [-0.4, -0.2) is 65.3 Å². The highest BCUT2D eigenvalue weighted by molar-refractivity contribution is 5.69. The van der Waals surface area contributed by atoms with Crippen molar-refractivity contribution in [3.63, 3.8) is 0 Å². The quantitative estimate of drug-likeness (QED) is 0.447. The van der Waals surface area contributed by atoms with Crippen molar-refractivity contribution >= 4 is 5.97 Å². The summed E-state index contributed by atoms with van der Waals surface area (Å²) in [6.07, 6.45) is 3.49. The molecular weight excluding hydrogens is 262 g/mol. The molecular formula is C14H27NO5. The molecule has 1 aliphatic heterocycles. The highest BCUT2D eigenvalue weighted by atomic mass is 16.6. The van der Waals surface area contributed by atoms with Crippen LogP contribution in [-0.2, 0) is 23.7 Å². The Morgan fingerprint density at radius 1 is 1.10 bits per heavy atom. The molecule has 0 aliphatic carbocycles. The van der Waals surface area contributed by atoms with E-state index in [1.165, 1.54) is 0 Å². The van der Waals surface area contributed by atoms with Crippen LogP contribution >= 0.6 is 0 Å². The van der Waals surface area contributed by atoms with Crippen LogP contribution in [0.4, 0.5) is 0 Å². The number of carbonyl (C=O) groups is 1. The molecule has 0 aromatic carbocycles. The zero-order valence-electron chi connectivity index (χ0n) is 12.4. The Bertz CT molecular complexity index is 244. The summed E-state index contributed by atoms with van der Waals surface area (Å²) in [6.45, 7) is 4.49. The molecule has 0 bridgehead atoms. The van der Waals surface area contributed by atoms with E-state index in [9.17, 15) is 4.79 Å². The Hall–Kier alpha value is -0.690. The van der Waals surface area contributed by atoms with E-state index in [-0.39, 0.29) is 12.1 Å². The lowest BCUT2D eigenvalue weighted by Crippen LogP contribution is -2.32. The summed E-state index contributed by atoms with van der Waals surface area (Å²) in [5.74, 6) is -0.223. The highest BCUT2D eigenvalue weighted by Crippen LogP contribution is 2.07. The van der Waals surface area contributed by atoms with Gasteiger partial charge >= 0.3 is 5.97 Å². The third kappa shape index (κ3) is 9.25. The van der Waals surface area contributed by atoms with Gasteiger partial charge in [-0.05, 0) is 32.4 Å². The number of carbonyl (C=O) groups excluding carboxylic acids is 1. The van der Waals surface area contributed by atoms with Crippen molar-refractivity contribution in [2.75, 3.05) is 53.2 Å². The van der Waals surface area contributed by atoms with Crippen LogP contribution in [0.5, 0.6) is 0 Å². The fourth-order valence-electron chi connectivity index (χ4n) is 1.97. The van der Waals surface area contributed by atoms with Crippen molar-refractivity contribution < 1.29 is 23.7 Å². The fourth-order valence-corrected chi connectivity index (χ4v) is 1.97. The number of piperidine rings is 1. The van der Waals surface area contributed by atoms with E-state index in [0.717, 1.165) is 32.4 Å². The molecule has 20 heavy (non-hydrogen) atoms. The summed E-state index contributed by atoms with van der Waals surface area (Å²) in [5.41, 5.74) is 0. The molecule has 6 heteroatoms. The lowest BCUT2D eigenvalue weighted by atomic mass is 10.1. The molecule has 1 aliphatic rings. The smallest absolute Gasteiger partial charge is 0.308 e. The van der Waals surface area contributed by atoms with Crippen molar-refractivity contribution in [1.82, 2.24) is 5.32 Å². The van der Waals surface area contributed by atoms with Gasteiger partial charge in [0.2, 0.25) is 0 Å². The number of hydrogen-bond acceptors (Lipinski definition) is 6. The van der Waals surface area contributed by atoms with Crippen LogP contribution < -0.4 is 5.32 Å². The van der Waals surface area contributed by atoms with Crippen molar-refractivity contribution in [2.45, 2.75) is 31.8 Å². The minimum atomic E-state index is -0.223. The van der Waals surface area contributed by atoms with Crippen molar-refractivity contribution in [3.05, 3.63) is 0 Å². The van der Waals surface area contributed by atoms with E-state index in [1.54, 1.807) is 7.11 Å². The molecule has 1 N–H and O–H groups in total. The average Bonchev–Trinajstić information content (AvgIpc) is 2.47. The predicted octanol–water partition coefficient (Wildman–Crippen LogP) is 0.741. The van der Waals surface area contributed by atoms with Gasteiger partial charge in [0.1, 0.15) is 6.61 Å². The molecule has 0 radical (unpaired) electrons. The van der Waals surface area contributed by atoms with Crippen LogP contribution in [0.15, 0.2) is 0 Å². The first-order valence-corrected chi connectivity index (χ1v) is 7.37. The summed E-state index contributed by atoms with van der Waals surface area (Å²) in [4.78, 5) is 11.4. The maximum atomic E-state index is 11.4. The average molecular weight is 289 g/mol. The second kappa shape index (κ2) is 12.1. The third-order valence-corrected chi connectivity index (χ3v) is 3.07. The number of ether oxygens (including phenoxy) is 4. The summed E-state index contributed by atoms with van der Waals surface area (Å²) in [7, 11) is 1.66. The van der Waals surface area contributed by atoms with E-state index in [1.807, 2.05) is 0 Å². The number of methoxy groups -OCH3 is 1. The van der Waals surface area contributed by atoms with E-state index in [4.69, 9.17) is 18.9 Å². The molecule has 0 aromatic heterocycles. The zero-order chi connectivity index (χ0) is 14.5. The fraction of sp³-hybridized carbons (Fsp3) is 0.929. The number of rotatable bonds is 11. The van der Waals surface area contributed by atoms with E-state index in [2.05, 4.69) is 5.32 Å². The largest absolute Gasteiger partial charge is 0.463 e. The van der Waals surface area contributed by atoms with Gasteiger partial charge in [0, 0.05) is 20.3 Å². The van der Waals surface area contributed by atoms with E-state index >= 15 is 0 Å². The van der Waals surface area contributed by atoms with Crippen molar-refractivity contribution in [1.29, 1.82) is 0 Å². The zero-order valence-corrected chi connectivity index (χ0v) is 12.4.